The maximum Gasteiger partial charge on any atom is 0.262 e. The minimum absolute atomic E-state index is 1.06. The predicted octanol–water partition coefficient (Wildman–Crippen LogP) is 10.4. The second-order valence-corrected chi connectivity index (χ2v) is 19.8. The van der Waals surface area contributed by atoms with E-state index in [-0.39, 0.29) is 0 Å². The number of unbranched alkanes of at least 4 members (excludes halogenated alkanes) is 3. The molecule has 0 saturated carbocycles. The van der Waals surface area contributed by atoms with Crippen molar-refractivity contribution in [2.24, 2.45) is 0 Å². The Bertz CT molecular complexity index is 2100. The minimum atomic E-state index is 1.06. The zero-order chi connectivity index (χ0) is 41.1. The van der Waals surface area contributed by atoms with Crippen molar-refractivity contribution >= 4 is 78.8 Å². The summed E-state index contributed by atoms with van der Waals surface area (Å²) in [6.45, 7) is 7.04. The van der Waals surface area contributed by atoms with E-state index < -0.39 is 0 Å². The average Bonchev–Trinajstić information content (AvgIpc) is 3.75. The zero-order valence-corrected chi connectivity index (χ0v) is 38.2. The van der Waals surface area contributed by atoms with Gasteiger partial charge in [0.1, 0.15) is 9.40 Å². The third kappa shape index (κ3) is 12.1. The van der Waals surface area contributed by atoms with Crippen LogP contribution in [0.3, 0.4) is 0 Å². The van der Waals surface area contributed by atoms with Gasteiger partial charge < -0.3 is 18.8 Å². The van der Waals surface area contributed by atoms with Crippen LogP contribution in [-0.4, -0.2) is 91.5 Å². The van der Waals surface area contributed by atoms with Gasteiger partial charge in [-0.3, -0.25) is 0 Å². The normalized spacial score (nSPS) is 12.5. The van der Waals surface area contributed by atoms with Crippen LogP contribution in [0.1, 0.15) is 59.7 Å². The number of quaternary nitrogens is 2. The molecule has 6 rings (SSSR count). The molecule has 306 valence electrons. The minimum Gasteiger partial charge on any atom is -0.378 e. The third-order valence-electron chi connectivity index (χ3n) is 11.5. The molecule has 2 heterocycles. The van der Waals surface area contributed by atoms with E-state index in [0.717, 1.165) is 22.1 Å². The lowest BCUT2D eigenvalue weighted by Gasteiger charge is -2.32. The molecular weight excluding hydrogens is 749 g/mol. The van der Waals surface area contributed by atoms with Gasteiger partial charge in [-0.15, -0.1) is 0 Å². The first-order valence-corrected chi connectivity index (χ1v) is 22.9. The predicted molar refractivity (Wildman–Crippen MR) is 255 cm³/mol. The summed E-state index contributed by atoms with van der Waals surface area (Å²) >= 11 is 3.79. The molecule has 0 amide bonds. The fourth-order valence-corrected chi connectivity index (χ4v) is 10.0. The standard InChI is InChI=1S/C50H68N6S2/c1-51(2)43-29-23-41(24-30-43)27-33-49-53(45-19-9-11-21-47(45)57-49)35-13-15-37-55(5,6)39-17-18-40-56(7,8)38-16-14-36-54-46-20-10-12-22-48(46)58-50(54)34-28-42-25-31-44(32-26-42)52(3)4/h9-12,19-34H,13-18,35-40H2,1-8H3/q+4. The Balaban J connectivity index is 0.927. The van der Waals surface area contributed by atoms with E-state index >= 15 is 0 Å². The number of benzene rings is 4. The molecule has 4 aromatic carbocycles. The van der Waals surface area contributed by atoms with Crippen LogP contribution in [0.2, 0.25) is 0 Å². The van der Waals surface area contributed by atoms with E-state index in [1.54, 1.807) is 0 Å². The highest BCUT2D eigenvalue weighted by molar-refractivity contribution is 7.19. The van der Waals surface area contributed by atoms with Gasteiger partial charge in [-0.25, -0.2) is 0 Å². The molecule has 0 radical (unpaired) electrons. The van der Waals surface area contributed by atoms with Crippen molar-refractivity contribution in [2.45, 2.75) is 51.6 Å². The van der Waals surface area contributed by atoms with E-state index in [4.69, 9.17) is 0 Å². The fourth-order valence-electron chi connectivity index (χ4n) is 7.84. The summed E-state index contributed by atoms with van der Waals surface area (Å²) in [5, 5.41) is 2.65. The first-order chi connectivity index (χ1) is 27.9. The second-order valence-electron chi connectivity index (χ2n) is 17.6. The maximum atomic E-state index is 2.54. The molecule has 0 bridgehead atoms. The molecule has 6 aromatic rings. The van der Waals surface area contributed by atoms with E-state index in [9.17, 15) is 0 Å². The topological polar surface area (TPSA) is 14.2 Å². The Hall–Kier alpha value is -4.34. The lowest BCUT2D eigenvalue weighted by Crippen LogP contribution is -2.44. The number of anilines is 2. The number of para-hydroxylation sites is 2. The summed E-state index contributed by atoms with van der Waals surface area (Å²) in [7, 11) is 18.1. The molecule has 0 spiro atoms. The number of hydrogen-bond acceptors (Lipinski definition) is 4. The van der Waals surface area contributed by atoms with Crippen molar-refractivity contribution in [3.8, 4) is 0 Å². The van der Waals surface area contributed by atoms with Gasteiger partial charge in [-0.1, -0.05) is 71.2 Å². The molecule has 0 aliphatic carbocycles. The quantitative estimate of drug-likeness (QED) is 0.0408. The number of aromatic nitrogens is 2. The van der Waals surface area contributed by atoms with Crippen LogP contribution in [0, 0.1) is 0 Å². The monoisotopic (exact) mass is 816 g/mol. The molecule has 6 nitrogen and oxygen atoms in total. The Kier molecular flexibility index (Phi) is 15.0. The van der Waals surface area contributed by atoms with E-state index in [1.807, 2.05) is 22.7 Å². The van der Waals surface area contributed by atoms with Gasteiger partial charge in [0, 0.05) is 102 Å². The second kappa shape index (κ2) is 20.1. The molecule has 8 heteroatoms. The van der Waals surface area contributed by atoms with Crippen molar-refractivity contribution in [2.75, 3.05) is 92.4 Å². The average molecular weight is 817 g/mol. The molecule has 0 aliphatic rings. The highest BCUT2D eigenvalue weighted by Gasteiger charge is 2.22. The Labute approximate surface area is 357 Å². The van der Waals surface area contributed by atoms with Gasteiger partial charge in [0.2, 0.25) is 11.0 Å². The number of fused-ring (bicyclic) bond motifs is 2. The van der Waals surface area contributed by atoms with Crippen LogP contribution in [-0.2, 0) is 13.1 Å². The van der Waals surface area contributed by atoms with E-state index in [2.05, 4.69) is 197 Å². The molecule has 58 heavy (non-hydrogen) atoms. The van der Waals surface area contributed by atoms with Crippen LogP contribution in [0.15, 0.2) is 97.1 Å². The van der Waals surface area contributed by atoms with Gasteiger partial charge >= 0.3 is 0 Å². The Morgan fingerprint density at radius 3 is 1.16 bits per heavy atom. The molecule has 0 aliphatic heterocycles. The lowest BCUT2D eigenvalue weighted by atomic mass is 10.2. The van der Waals surface area contributed by atoms with Crippen LogP contribution < -0.4 is 18.9 Å². The lowest BCUT2D eigenvalue weighted by molar-refractivity contribution is -0.897. The first-order valence-electron chi connectivity index (χ1n) is 21.3. The number of nitrogens with zero attached hydrogens (tertiary/aromatic N) is 6. The van der Waals surface area contributed by atoms with Crippen LogP contribution in [0.4, 0.5) is 11.4 Å². The Morgan fingerprint density at radius 2 is 0.793 bits per heavy atom. The molecule has 0 N–H and O–H groups in total. The molecule has 0 unspecified atom stereocenters. The van der Waals surface area contributed by atoms with Crippen molar-refractivity contribution in [3.63, 3.8) is 0 Å². The molecular formula is C50H68N6S2+4. The summed E-state index contributed by atoms with van der Waals surface area (Å²) in [5.41, 5.74) is 7.62. The number of rotatable bonds is 21. The number of thiazole rings is 2. The van der Waals surface area contributed by atoms with Crippen LogP contribution in [0.25, 0.3) is 44.7 Å². The van der Waals surface area contributed by atoms with Gasteiger partial charge in [0.05, 0.1) is 54.4 Å². The summed E-state index contributed by atoms with van der Waals surface area (Å²) in [4.78, 5) is 4.29. The van der Waals surface area contributed by atoms with Crippen LogP contribution in [0.5, 0.6) is 0 Å². The smallest absolute Gasteiger partial charge is 0.262 e. The number of aryl methyl sites for hydroxylation is 2. The van der Waals surface area contributed by atoms with Crippen molar-refractivity contribution in [1.29, 1.82) is 0 Å². The van der Waals surface area contributed by atoms with Gasteiger partial charge in [0.25, 0.3) is 10.0 Å². The van der Waals surface area contributed by atoms with Crippen molar-refractivity contribution in [3.05, 3.63) is 118 Å². The molecule has 0 fully saturated rings. The largest absolute Gasteiger partial charge is 0.378 e. The molecule has 0 saturated heterocycles. The fraction of sp³-hybridized carbons (Fsp3) is 0.400. The highest BCUT2D eigenvalue weighted by Crippen LogP contribution is 2.25. The summed E-state index contributed by atoms with van der Waals surface area (Å²) < 4.78 is 9.99. The van der Waals surface area contributed by atoms with Crippen molar-refractivity contribution < 1.29 is 18.1 Å². The SMILES string of the molecule is CN(C)c1ccc(/C=C/c2sc3ccccc3[n+]2CCCC[N+](C)(C)CCCC[N+](C)(C)CCCC[n+]2c(/C=C/c3ccc(N(C)C)cc3)sc3ccccc32)cc1. The van der Waals surface area contributed by atoms with E-state index in [1.165, 1.54) is 118 Å². The molecule has 2 aromatic heterocycles. The van der Waals surface area contributed by atoms with Gasteiger partial charge in [0.15, 0.2) is 13.1 Å². The third-order valence-corrected chi connectivity index (χ3v) is 13.8. The van der Waals surface area contributed by atoms with Gasteiger partial charge in [-0.2, -0.15) is 9.13 Å². The van der Waals surface area contributed by atoms with E-state index in [0.29, 0.717) is 0 Å². The first kappa shape index (κ1) is 43.2. The Morgan fingerprint density at radius 1 is 0.448 bits per heavy atom. The van der Waals surface area contributed by atoms with Crippen LogP contribution >= 0.6 is 22.7 Å². The molecule has 0 atom stereocenters. The van der Waals surface area contributed by atoms with Crippen molar-refractivity contribution in [1.82, 2.24) is 0 Å². The zero-order valence-electron chi connectivity index (χ0n) is 36.5. The highest BCUT2D eigenvalue weighted by atomic mass is 32.1. The maximum absolute atomic E-state index is 2.54. The summed E-state index contributed by atoms with van der Waals surface area (Å²) in [5.74, 6) is 0. The summed E-state index contributed by atoms with van der Waals surface area (Å²) in [6.07, 6.45) is 16.6. The van der Waals surface area contributed by atoms with Gasteiger partial charge in [-0.05, 0) is 59.7 Å². The summed E-state index contributed by atoms with van der Waals surface area (Å²) in [6, 6.07) is 35.3. The number of hydrogen-bond donors (Lipinski definition) is 0.